The summed E-state index contributed by atoms with van der Waals surface area (Å²) in [5.41, 5.74) is 2.33. The fraction of sp³-hybridized carbons (Fsp3) is 0.357. The standard InChI is InChI=1S/C14H16F2N2S/c1-2-18-12(7-13-8-17-9-19-13)5-10-3-4-11(15)6-14(10)16/h3-4,6,8-9,12,18H,2,5,7H2,1H3. The van der Waals surface area contributed by atoms with Gasteiger partial charge in [-0.3, -0.25) is 4.98 Å². The molecule has 0 aliphatic rings. The minimum absolute atomic E-state index is 0.130. The van der Waals surface area contributed by atoms with E-state index >= 15 is 0 Å². The first kappa shape index (κ1) is 14.1. The summed E-state index contributed by atoms with van der Waals surface area (Å²) in [4.78, 5) is 5.20. The SMILES string of the molecule is CCNC(Cc1cncs1)Cc1ccc(F)cc1F. The number of nitrogens with zero attached hydrogens (tertiary/aromatic N) is 1. The van der Waals surface area contributed by atoms with Crippen LogP contribution in [-0.2, 0) is 12.8 Å². The molecule has 1 N–H and O–H groups in total. The summed E-state index contributed by atoms with van der Waals surface area (Å²) in [7, 11) is 0. The van der Waals surface area contributed by atoms with Gasteiger partial charge in [-0.05, 0) is 31.0 Å². The minimum Gasteiger partial charge on any atom is -0.314 e. The number of nitrogens with one attached hydrogen (secondary N) is 1. The number of aromatic nitrogens is 1. The van der Waals surface area contributed by atoms with Crippen LogP contribution in [0.5, 0.6) is 0 Å². The molecule has 0 radical (unpaired) electrons. The van der Waals surface area contributed by atoms with Crippen molar-refractivity contribution in [3.05, 3.63) is 52.0 Å². The van der Waals surface area contributed by atoms with Crippen LogP contribution in [0.4, 0.5) is 8.78 Å². The molecule has 0 saturated carbocycles. The smallest absolute Gasteiger partial charge is 0.129 e. The van der Waals surface area contributed by atoms with Crippen LogP contribution in [0.15, 0.2) is 29.9 Å². The Morgan fingerprint density at radius 3 is 2.79 bits per heavy atom. The first-order chi connectivity index (χ1) is 9.19. The lowest BCUT2D eigenvalue weighted by Gasteiger charge is -2.17. The zero-order chi connectivity index (χ0) is 13.7. The minimum atomic E-state index is -0.538. The van der Waals surface area contributed by atoms with Gasteiger partial charge in [0.15, 0.2) is 0 Å². The Bertz CT molecular complexity index is 514. The van der Waals surface area contributed by atoms with Crippen LogP contribution in [0.3, 0.4) is 0 Å². The number of hydrogen-bond acceptors (Lipinski definition) is 3. The molecule has 5 heteroatoms. The lowest BCUT2D eigenvalue weighted by molar-refractivity contribution is 0.504. The van der Waals surface area contributed by atoms with Gasteiger partial charge in [-0.2, -0.15) is 0 Å². The lowest BCUT2D eigenvalue weighted by atomic mass is 10.0. The highest BCUT2D eigenvalue weighted by molar-refractivity contribution is 7.09. The Morgan fingerprint density at radius 1 is 1.32 bits per heavy atom. The molecule has 0 spiro atoms. The van der Waals surface area contributed by atoms with Gasteiger partial charge in [-0.15, -0.1) is 11.3 Å². The fourth-order valence-electron chi connectivity index (χ4n) is 2.04. The molecule has 1 aromatic heterocycles. The largest absolute Gasteiger partial charge is 0.314 e. The van der Waals surface area contributed by atoms with Gasteiger partial charge in [0.05, 0.1) is 5.51 Å². The molecule has 0 fully saturated rings. The van der Waals surface area contributed by atoms with Crippen molar-refractivity contribution in [3.8, 4) is 0 Å². The molecule has 0 aliphatic heterocycles. The monoisotopic (exact) mass is 282 g/mol. The Hall–Kier alpha value is -1.33. The van der Waals surface area contributed by atoms with Crippen molar-refractivity contribution in [3.63, 3.8) is 0 Å². The zero-order valence-electron chi connectivity index (χ0n) is 10.7. The van der Waals surface area contributed by atoms with E-state index in [0.29, 0.717) is 12.0 Å². The van der Waals surface area contributed by atoms with Crippen molar-refractivity contribution in [2.75, 3.05) is 6.54 Å². The summed E-state index contributed by atoms with van der Waals surface area (Å²) in [6, 6.07) is 3.88. The quantitative estimate of drug-likeness (QED) is 0.880. The number of benzene rings is 1. The molecule has 1 unspecified atom stereocenters. The molecule has 0 saturated heterocycles. The maximum atomic E-state index is 13.7. The van der Waals surface area contributed by atoms with Gasteiger partial charge in [0.2, 0.25) is 0 Å². The predicted octanol–water partition coefficient (Wildman–Crippen LogP) is 3.18. The number of halogens is 2. The summed E-state index contributed by atoms with van der Waals surface area (Å²) in [6.07, 6.45) is 3.17. The molecule has 19 heavy (non-hydrogen) atoms. The third-order valence-electron chi connectivity index (χ3n) is 2.91. The van der Waals surface area contributed by atoms with Crippen molar-refractivity contribution in [2.45, 2.75) is 25.8 Å². The molecule has 0 aliphatic carbocycles. The summed E-state index contributed by atoms with van der Waals surface area (Å²) in [6.45, 7) is 2.83. The van der Waals surface area contributed by atoms with E-state index in [1.807, 2.05) is 13.1 Å². The second-order valence-electron chi connectivity index (χ2n) is 4.37. The van der Waals surface area contributed by atoms with E-state index < -0.39 is 11.6 Å². The van der Waals surface area contributed by atoms with Crippen LogP contribution in [0, 0.1) is 11.6 Å². The van der Waals surface area contributed by atoms with Gasteiger partial charge >= 0.3 is 0 Å². The highest BCUT2D eigenvalue weighted by Gasteiger charge is 2.13. The maximum Gasteiger partial charge on any atom is 0.129 e. The van der Waals surface area contributed by atoms with Gasteiger partial charge in [0.25, 0.3) is 0 Å². The number of thiazole rings is 1. The molecular formula is C14H16F2N2S. The predicted molar refractivity (Wildman–Crippen MR) is 73.3 cm³/mol. The molecule has 2 rings (SSSR count). The van der Waals surface area contributed by atoms with E-state index in [2.05, 4.69) is 10.3 Å². The van der Waals surface area contributed by atoms with Gasteiger partial charge in [0, 0.05) is 23.2 Å². The Balaban J connectivity index is 2.07. The van der Waals surface area contributed by atoms with Crippen molar-refractivity contribution in [1.82, 2.24) is 10.3 Å². The first-order valence-corrected chi connectivity index (χ1v) is 7.11. The summed E-state index contributed by atoms with van der Waals surface area (Å²) in [5, 5.41) is 3.33. The Morgan fingerprint density at radius 2 is 2.16 bits per heavy atom. The average Bonchev–Trinajstić information content (AvgIpc) is 2.86. The van der Waals surface area contributed by atoms with Crippen molar-refractivity contribution < 1.29 is 8.78 Å². The normalized spacial score (nSPS) is 12.6. The molecule has 0 amide bonds. The number of hydrogen-bond donors (Lipinski definition) is 1. The maximum absolute atomic E-state index is 13.7. The molecule has 2 aromatic rings. The van der Waals surface area contributed by atoms with Gasteiger partial charge in [0.1, 0.15) is 11.6 Å². The van der Waals surface area contributed by atoms with E-state index in [1.165, 1.54) is 12.1 Å². The number of likely N-dealkylation sites (N-methyl/N-ethyl adjacent to an activating group) is 1. The van der Waals surface area contributed by atoms with Crippen LogP contribution in [0.2, 0.25) is 0 Å². The Kier molecular flexibility index (Phi) is 4.99. The molecular weight excluding hydrogens is 266 g/mol. The fourth-order valence-corrected chi connectivity index (χ4v) is 2.72. The van der Waals surface area contributed by atoms with Crippen molar-refractivity contribution in [2.24, 2.45) is 0 Å². The molecule has 1 aromatic carbocycles. The zero-order valence-corrected chi connectivity index (χ0v) is 11.5. The lowest BCUT2D eigenvalue weighted by Crippen LogP contribution is -2.33. The summed E-state index contributed by atoms with van der Waals surface area (Å²) in [5.74, 6) is -1.02. The Labute approximate surface area is 115 Å². The second kappa shape index (κ2) is 6.73. The number of rotatable bonds is 6. The second-order valence-corrected chi connectivity index (χ2v) is 5.34. The van der Waals surface area contributed by atoms with Gasteiger partial charge < -0.3 is 5.32 Å². The van der Waals surface area contributed by atoms with E-state index in [9.17, 15) is 8.78 Å². The van der Waals surface area contributed by atoms with E-state index in [1.54, 1.807) is 16.8 Å². The average molecular weight is 282 g/mol. The topological polar surface area (TPSA) is 24.9 Å². The first-order valence-electron chi connectivity index (χ1n) is 6.23. The van der Waals surface area contributed by atoms with Crippen molar-refractivity contribution >= 4 is 11.3 Å². The van der Waals surface area contributed by atoms with E-state index in [4.69, 9.17) is 0 Å². The van der Waals surface area contributed by atoms with Crippen LogP contribution in [0.25, 0.3) is 0 Å². The summed E-state index contributed by atoms with van der Waals surface area (Å²) >= 11 is 1.59. The van der Waals surface area contributed by atoms with Gasteiger partial charge in [-0.25, -0.2) is 8.78 Å². The molecule has 102 valence electrons. The van der Waals surface area contributed by atoms with Crippen LogP contribution < -0.4 is 5.32 Å². The van der Waals surface area contributed by atoms with Gasteiger partial charge in [-0.1, -0.05) is 13.0 Å². The van der Waals surface area contributed by atoms with E-state index in [0.717, 1.165) is 23.9 Å². The van der Waals surface area contributed by atoms with Crippen LogP contribution in [0.1, 0.15) is 17.4 Å². The third kappa shape index (κ3) is 4.08. The molecule has 2 nitrogen and oxygen atoms in total. The van der Waals surface area contributed by atoms with E-state index in [-0.39, 0.29) is 6.04 Å². The highest BCUT2D eigenvalue weighted by Crippen LogP contribution is 2.15. The molecule has 1 atom stereocenters. The summed E-state index contributed by atoms with van der Waals surface area (Å²) < 4.78 is 26.5. The third-order valence-corrected chi connectivity index (χ3v) is 3.71. The highest BCUT2D eigenvalue weighted by atomic mass is 32.1. The van der Waals surface area contributed by atoms with Crippen LogP contribution >= 0.6 is 11.3 Å². The van der Waals surface area contributed by atoms with Crippen molar-refractivity contribution in [1.29, 1.82) is 0 Å². The molecule has 1 heterocycles. The van der Waals surface area contributed by atoms with Crippen LogP contribution in [-0.4, -0.2) is 17.6 Å². The molecule has 0 bridgehead atoms.